The number of aryl methyl sites for hydroxylation is 2. The Bertz CT molecular complexity index is 949. The minimum absolute atomic E-state index is 0.269. The quantitative estimate of drug-likeness (QED) is 0.547. The van der Waals surface area contributed by atoms with Gasteiger partial charge in [0.2, 0.25) is 15.9 Å². The molecule has 158 valence electrons. The van der Waals surface area contributed by atoms with Gasteiger partial charge in [0.1, 0.15) is 6.54 Å². The van der Waals surface area contributed by atoms with Crippen molar-refractivity contribution in [1.29, 1.82) is 0 Å². The molecule has 2 rings (SSSR count). The molecule has 0 aliphatic heterocycles. The molecule has 0 atom stereocenters. The maximum atomic E-state index is 12.3. The van der Waals surface area contributed by atoms with Crippen molar-refractivity contribution in [2.45, 2.75) is 26.0 Å². The first kappa shape index (κ1) is 23.6. The van der Waals surface area contributed by atoms with Crippen molar-refractivity contribution in [2.24, 2.45) is 0 Å². The van der Waals surface area contributed by atoms with Gasteiger partial charge in [0, 0.05) is 17.3 Å². The molecule has 5 nitrogen and oxygen atoms in total. The minimum Gasteiger partial charge on any atom is -0.354 e. The Labute approximate surface area is 182 Å². The van der Waals surface area contributed by atoms with Crippen LogP contribution in [0.1, 0.15) is 23.1 Å². The molecule has 0 aliphatic carbocycles. The Kier molecular flexibility index (Phi) is 8.86. The molecule has 0 aromatic heterocycles. The summed E-state index contributed by atoms with van der Waals surface area (Å²) < 4.78 is 25.4. The van der Waals surface area contributed by atoms with Crippen molar-refractivity contribution in [3.8, 4) is 0 Å². The number of sulfonamides is 1. The topological polar surface area (TPSA) is 66.5 Å². The summed E-state index contributed by atoms with van der Waals surface area (Å²) in [6.07, 6.45) is 1.90. The Balaban J connectivity index is 1.80. The summed E-state index contributed by atoms with van der Waals surface area (Å²) in [7, 11) is -3.61. The fraction of sp³-hybridized carbons (Fsp3) is 0.381. The van der Waals surface area contributed by atoms with Gasteiger partial charge in [0.15, 0.2) is 0 Å². The summed E-state index contributed by atoms with van der Waals surface area (Å²) in [6.45, 7) is 4.17. The molecule has 0 fully saturated rings. The van der Waals surface area contributed by atoms with Gasteiger partial charge in [0.25, 0.3) is 0 Å². The molecular weight excluding hydrogens is 428 g/mol. The number of benzene rings is 2. The zero-order chi connectivity index (χ0) is 21.4. The molecule has 0 spiro atoms. The normalized spacial score (nSPS) is 11.3. The van der Waals surface area contributed by atoms with Crippen LogP contribution in [0.2, 0.25) is 5.02 Å². The van der Waals surface area contributed by atoms with Crippen molar-refractivity contribution in [2.75, 3.05) is 29.4 Å². The van der Waals surface area contributed by atoms with Gasteiger partial charge in [0.05, 0.1) is 11.9 Å². The number of carbonyl (C=O) groups is 1. The zero-order valence-electron chi connectivity index (χ0n) is 16.9. The number of nitrogens with zero attached hydrogens (tertiary/aromatic N) is 1. The molecule has 0 bridgehead atoms. The molecule has 0 radical (unpaired) electrons. The number of rotatable bonds is 10. The van der Waals surface area contributed by atoms with Gasteiger partial charge in [-0.2, -0.15) is 11.8 Å². The molecule has 0 saturated heterocycles. The van der Waals surface area contributed by atoms with Gasteiger partial charge in [-0.05, 0) is 54.8 Å². The summed E-state index contributed by atoms with van der Waals surface area (Å²) in [5.74, 6) is 1.52. The summed E-state index contributed by atoms with van der Waals surface area (Å²) in [5.41, 5.74) is 3.83. The fourth-order valence-electron chi connectivity index (χ4n) is 2.68. The third-order valence-electron chi connectivity index (χ3n) is 4.44. The summed E-state index contributed by atoms with van der Waals surface area (Å²) in [6, 6.07) is 13.2. The molecular formula is C21H27ClN2O3S2. The highest BCUT2D eigenvalue weighted by molar-refractivity contribution is 7.98. The largest absolute Gasteiger partial charge is 0.354 e. The van der Waals surface area contributed by atoms with Crippen LogP contribution in [-0.2, 0) is 20.6 Å². The molecule has 0 saturated carbocycles. The third kappa shape index (κ3) is 7.57. The molecule has 2 aromatic rings. The van der Waals surface area contributed by atoms with Gasteiger partial charge in [-0.25, -0.2) is 8.42 Å². The zero-order valence-corrected chi connectivity index (χ0v) is 19.3. The number of hydrogen-bond donors (Lipinski definition) is 1. The highest BCUT2D eigenvalue weighted by atomic mass is 35.5. The summed E-state index contributed by atoms with van der Waals surface area (Å²) in [4.78, 5) is 12.3. The summed E-state index contributed by atoms with van der Waals surface area (Å²) >= 11 is 7.92. The number of anilines is 1. The van der Waals surface area contributed by atoms with E-state index in [1.54, 1.807) is 18.2 Å². The van der Waals surface area contributed by atoms with Crippen molar-refractivity contribution in [3.05, 3.63) is 64.2 Å². The third-order valence-corrected chi connectivity index (χ3v) is 7.08. The minimum atomic E-state index is -3.61. The first-order chi connectivity index (χ1) is 13.7. The lowest BCUT2D eigenvalue weighted by Crippen LogP contribution is -2.40. The number of amides is 1. The van der Waals surface area contributed by atoms with E-state index in [1.807, 2.05) is 30.8 Å². The number of carbonyl (C=O) groups excluding carboxylic acids is 1. The van der Waals surface area contributed by atoms with Gasteiger partial charge in [-0.1, -0.05) is 41.9 Å². The fourth-order valence-corrected chi connectivity index (χ4v) is 4.74. The van der Waals surface area contributed by atoms with Crippen LogP contribution in [-0.4, -0.2) is 39.4 Å². The van der Waals surface area contributed by atoms with E-state index in [9.17, 15) is 13.2 Å². The van der Waals surface area contributed by atoms with Gasteiger partial charge >= 0.3 is 0 Å². The number of halogens is 1. The number of thioether (sulfide) groups is 1. The van der Waals surface area contributed by atoms with Crippen molar-refractivity contribution < 1.29 is 13.2 Å². The molecule has 1 amide bonds. The standard InChI is InChI=1S/C21H27ClN2O3S2/c1-16-7-4-5-8-18(16)15-28-12-6-11-23-21(25)14-24(29(3,26)27)19-10-9-17(2)20(22)13-19/h4-5,7-10,13H,6,11-12,14-15H2,1-3H3,(H,23,25). The first-order valence-electron chi connectivity index (χ1n) is 9.31. The molecule has 0 aliphatic rings. The second-order valence-electron chi connectivity index (χ2n) is 6.89. The maximum Gasteiger partial charge on any atom is 0.240 e. The highest BCUT2D eigenvalue weighted by Crippen LogP contribution is 2.24. The second-order valence-corrected chi connectivity index (χ2v) is 10.3. The smallest absolute Gasteiger partial charge is 0.240 e. The number of nitrogens with one attached hydrogen (secondary N) is 1. The first-order valence-corrected chi connectivity index (χ1v) is 12.7. The van der Waals surface area contributed by atoms with Crippen LogP contribution < -0.4 is 9.62 Å². The molecule has 0 unspecified atom stereocenters. The van der Waals surface area contributed by atoms with E-state index in [0.717, 1.165) is 34.1 Å². The molecule has 1 N–H and O–H groups in total. The van der Waals surface area contributed by atoms with Crippen molar-refractivity contribution >= 4 is 45.0 Å². The predicted molar refractivity (Wildman–Crippen MR) is 123 cm³/mol. The predicted octanol–water partition coefficient (Wildman–Crippen LogP) is 4.16. The Morgan fingerprint density at radius 3 is 2.52 bits per heavy atom. The molecule has 8 heteroatoms. The van der Waals surface area contributed by atoms with Crippen molar-refractivity contribution in [3.63, 3.8) is 0 Å². The van der Waals surface area contributed by atoms with Gasteiger partial charge < -0.3 is 5.32 Å². The van der Waals surface area contributed by atoms with Crippen LogP contribution >= 0.6 is 23.4 Å². The number of hydrogen-bond acceptors (Lipinski definition) is 4. The summed E-state index contributed by atoms with van der Waals surface area (Å²) in [5, 5.41) is 3.26. The molecule has 29 heavy (non-hydrogen) atoms. The van der Waals surface area contributed by atoms with E-state index < -0.39 is 10.0 Å². The van der Waals surface area contributed by atoms with E-state index in [1.165, 1.54) is 11.1 Å². The van der Waals surface area contributed by atoms with E-state index in [0.29, 0.717) is 17.3 Å². The molecule has 0 heterocycles. The molecule has 2 aromatic carbocycles. The lowest BCUT2D eigenvalue weighted by atomic mass is 10.1. The van der Waals surface area contributed by atoms with Crippen LogP contribution in [0.4, 0.5) is 5.69 Å². The Hall–Kier alpha value is -1.70. The second kappa shape index (κ2) is 10.9. The lowest BCUT2D eigenvalue weighted by Gasteiger charge is -2.22. The van der Waals surface area contributed by atoms with Crippen LogP contribution in [0.5, 0.6) is 0 Å². The van der Waals surface area contributed by atoms with Gasteiger partial charge in [-0.3, -0.25) is 9.10 Å². The van der Waals surface area contributed by atoms with Crippen LogP contribution in [0.15, 0.2) is 42.5 Å². The van der Waals surface area contributed by atoms with E-state index in [4.69, 9.17) is 11.6 Å². The maximum absolute atomic E-state index is 12.3. The SMILES string of the molecule is Cc1ccc(N(CC(=O)NCCCSCc2ccccc2C)S(C)(=O)=O)cc1Cl. The van der Waals surface area contributed by atoms with Gasteiger partial charge in [-0.15, -0.1) is 0 Å². The lowest BCUT2D eigenvalue weighted by molar-refractivity contribution is -0.119. The Morgan fingerprint density at radius 1 is 1.14 bits per heavy atom. The van der Waals surface area contributed by atoms with Crippen LogP contribution in [0.3, 0.4) is 0 Å². The highest BCUT2D eigenvalue weighted by Gasteiger charge is 2.21. The average Bonchev–Trinajstić information content (AvgIpc) is 2.65. The van der Waals surface area contributed by atoms with Crippen LogP contribution in [0, 0.1) is 13.8 Å². The average molecular weight is 455 g/mol. The van der Waals surface area contributed by atoms with E-state index >= 15 is 0 Å². The van der Waals surface area contributed by atoms with E-state index in [2.05, 4.69) is 24.4 Å². The van der Waals surface area contributed by atoms with Crippen LogP contribution in [0.25, 0.3) is 0 Å². The van der Waals surface area contributed by atoms with E-state index in [-0.39, 0.29) is 12.5 Å². The monoisotopic (exact) mass is 454 g/mol. The van der Waals surface area contributed by atoms with Crippen molar-refractivity contribution in [1.82, 2.24) is 5.32 Å². The Morgan fingerprint density at radius 2 is 1.86 bits per heavy atom.